The van der Waals surface area contributed by atoms with E-state index >= 15 is 0 Å². The molecule has 1 fully saturated rings. The van der Waals surface area contributed by atoms with Gasteiger partial charge in [-0.25, -0.2) is 13.4 Å². The van der Waals surface area contributed by atoms with Gasteiger partial charge in [0.25, 0.3) is 10.0 Å². The minimum absolute atomic E-state index is 0.204. The van der Waals surface area contributed by atoms with Gasteiger partial charge in [-0.1, -0.05) is 13.3 Å². The summed E-state index contributed by atoms with van der Waals surface area (Å²) >= 11 is 0. The largest absolute Gasteiger partial charge is 0.335 e. The van der Waals surface area contributed by atoms with Crippen molar-refractivity contribution in [2.75, 3.05) is 6.54 Å². The molecule has 1 aromatic heterocycles. The van der Waals surface area contributed by atoms with Gasteiger partial charge in [0.15, 0.2) is 5.03 Å². The molecule has 1 aliphatic carbocycles. The van der Waals surface area contributed by atoms with Gasteiger partial charge in [0.05, 0.1) is 12.5 Å². The smallest absolute Gasteiger partial charge is 0.260 e. The van der Waals surface area contributed by atoms with Crippen LogP contribution in [0.4, 0.5) is 0 Å². The standard InChI is InChI=1S/C10H17N3O2S/c1-2-3-6-13(9-4-5-9)16(14,15)10-7-11-8-12-10/h7-9H,2-6H2,1H3,(H,11,12). The fourth-order valence-corrected chi connectivity index (χ4v) is 3.31. The van der Waals surface area contributed by atoms with Gasteiger partial charge in [-0.3, -0.25) is 0 Å². The Morgan fingerprint density at radius 2 is 2.31 bits per heavy atom. The van der Waals surface area contributed by atoms with E-state index in [1.54, 1.807) is 4.31 Å². The van der Waals surface area contributed by atoms with Crippen molar-refractivity contribution >= 4 is 10.0 Å². The lowest BCUT2D eigenvalue weighted by atomic mass is 10.3. The second-order valence-corrected chi connectivity index (χ2v) is 5.98. The number of H-pyrrole nitrogens is 1. The third kappa shape index (κ3) is 2.27. The molecule has 6 heteroatoms. The van der Waals surface area contributed by atoms with E-state index < -0.39 is 10.0 Å². The zero-order valence-electron chi connectivity index (χ0n) is 9.39. The number of imidazole rings is 1. The van der Waals surface area contributed by atoms with Crippen LogP contribution in [-0.2, 0) is 10.0 Å². The molecule has 0 aliphatic heterocycles. The number of nitrogens with zero attached hydrogens (tertiary/aromatic N) is 2. The van der Waals surface area contributed by atoms with E-state index in [4.69, 9.17) is 0 Å². The summed E-state index contributed by atoms with van der Waals surface area (Å²) in [6.07, 6.45) is 6.65. The molecule has 0 aromatic carbocycles. The van der Waals surface area contributed by atoms with Crippen LogP contribution in [0, 0.1) is 0 Å². The van der Waals surface area contributed by atoms with Crippen molar-refractivity contribution in [2.24, 2.45) is 0 Å². The summed E-state index contributed by atoms with van der Waals surface area (Å²) in [5, 5.41) is 0.204. The van der Waals surface area contributed by atoms with Gasteiger partial charge >= 0.3 is 0 Å². The van der Waals surface area contributed by atoms with Crippen molar-refractivity contribution in [1.82, 2.24) is 14.3 Å². The lowest BCUT2D eigenvalue weighted by Crippen LogP contribution is -2.34. The summed E-state index contributed by atoms with van der Waals surface area (Å²) in [5.41, 5.74) is 0. The van der Waals surface area contributed by atoms with Gasteiger partial charge in [-0.05, 0) is 19.3 Å². The highest BCUT2D eigenvalue weighted by Gasteiger charge is 2.38. The maximum absolute atomic E-state index is 12.2. The van der Waals surface area contributed by atoms with Gasteiger partial charge in [-0.15, -0.1) is 0 Å². The predicted molar refractivity (Wildman–Crippen MR) is 60.4 cm³/mol. The summed E-state index contributed by atoms with van der Waals surface area (Å²) in [6.45, 7) is 2.68. The Morgan fingerprint density at radius 3 is 2.81 bits per heavy atom. The Bertz CT molecular complexity index is 423. The molecule has 1 N–H and O–H groups in total. The highest BCUT2D eigenvalue weighted by Crippen LogP contribution is 2.31. The Labute approximate surface area is 95.9 Å². The molecule has 1 aliphatic rings. The number of aromatic amines is 1. The van der Waals surface area contributed by atoms with E-state index in [0.717, 1.165) is 25.7 Å². The third-order valence-electron chi connectivity index (χ3n) is 2.75. The zero-order chi connectivity index (χ0) is 11.6. The molecular formula is C10H17N3O2S. The van der Waals surface area contributed by atoms with Gasteiger partial charge in [0.1, 0.15) is 0 Å². The van der Waals surface area contributed by atoms with E-state index in [1.807, 2.05) is 0 Å². The molecule has 1 aromatic rings. The fourth-order valence-electron chi connectivity index (χ4n) is 1.69. The molecule has 0 radical (unpaired) electrons. The summed E-state index contributed by atoms with van der Waals surface area (Å²) in [6, 6.07) is 0.208. The molecule has 0 amide bonds. The van der Waals surface area contributed by atoms with E-state index in [1.165, 1.54) is 12.5 Å². The normalized spacial score (nSPS) is 16.9. The van der Waals surface area contributed by atoms with Crippen LogP contribution in [-0.4, -0.2) is 35.3 Å². The first kappa shape index (κ1) is 11.6. The van der Waals surface area contributed by atoms with Crippen molar-refractivity contribution < 1.29 is 8.42 Å². The Hall–Kier alpha value is -0.880. The molecule has 2 rings (SSSR count). The highest BCUT2D eigenvalue weighted by molar-refractivity contribution is 7.89. The van der Waals surface area contributed by atoms with Gasteiger partial charge in [0, 0.05) is 12.6 Å². The lowest BCUT2D eigenvalue weighted by molar-refractivity contribution is 0.394. The number of nitrogens with one attached hydrogen (secondary N) is 1. The van der Waals surface area contributed by atoms with Crippen molar-refractivity contribution in [1.29, 1.82) is 0 Å². The molecule has 1 heterocycles. The zero-order valence-corrected chi connectivity index (χ0v) is 10.2. The highest BCUT2D eigenvalue weighted by atomic mass is 32.2. The molecule has 0 saturated heterocycles. The number of hydrogen-bond acceptors (Lipinski definition) is 3. The molecule has 90 valence electrons. The van der Waals surface area contributed by atoms with Crippen LogP contribution in [0.15, 0.2) is 17.6 Å². The minimum Gasteiger partial charge on any atom is -0.335 e. The number of rotatable bonds is 6. The summed E-state index contributed by atoms with van der Waals surface area (Å²) in [5.74, 6) is 0. The first-order valence-corrected chi connectivity index (χ1v) is 7.10. The van der Waals surface area contributed by atoms with Crippen LogP contribution in [0.1, 0.15) is 32.6 Å². The Morgan fingerprint density at radius 1 is 1.56 bits per heavy atom. The molecule has 5 nitrogen and oxygen atoms in total. The average Bonchev–Trinajstić information content (AvgIpc) is 2.92. The van der Waals surface area contributed by atoms with E-state index in [9.17, 15) is 8.42 Å². The maximum atomic E-state index is 12.2. The molecule has 0 spiro atoms. The van der Waals surface area contributed by atoms with Crippen LogP contribution in [0.25, 0.3) is 0 Å². The summed E-state index contributed by atoms with van der Waals surface area (Å²) in [4.78, 5) is 6.45. The van der Waals surface area contributed by atoms with Gasteiger partial charge in [-0.2, -0.15) is 4.31 Å². The summed E-state index contributed by atoms with van der Waals surface area (Å²) < 4.78 is 26.1. The minimum atomic E-state index is -3.35. The molecule has 0 atom stereocenters. The Balaban J connectivity index is 2.18. The number of unbranched alkanes of at least 4 members (excludes halogenated alkanes) is 1. The quantitative estimate of drug-likeness (QED) is 0.820. The number of sulfonamides is 1. The van der Waals surface area contributed by atoms with Crippen molar-refractivity contribution in [2.45, 2.75) is 43.7 Å². The third-order valence-corrected chi connectivity index (χ3v) is 4.62. The molecule has 0 unspecified atom stereocenters. The fraction of sp³-hybridized carbons (Fsp3) is 0.700. The predicted octanol–water partition coefficient (Wildman–Crippen LogP) is 1.36. The van der Waals surface area contributed by atoms with Gasteiger partial charge < -0.3 is 4.98 Å². The summed E-state index contributed by atoms with van der Waals surface area (Å²) in [7, 11) is -3.35. The van der Waals surface area contributed by atoms with Crippen molar-refractivity contribution in [3.8, 4) is 0 Å². The van der Waals surface area contributed by atoms with Crippen molar-refractivity contribution in [3.05, 3.63) is 12.5 Å². The van der Waals surface area contributed by atoms with Crippen molar-refractivity contribution in [3.63, 3.8) is 0 Å². The lowest BCUT2D eigenvalue weighted by Gasteiger charge is -2.20. The first-order chi connectivity index (χ1) is 7.66. The van der Waals surface area contributed by atoms with Crippen LogP contribution in [0.5, 0.6) is 0 Å². The Kier molecular flexibility index (Phi) is 3.30. The monoisotopic (exact) mass is 243 g/mol. The second-order valence-electron chi connectivity index (χ2n) is 4.12. The van der Waals surface area contributed by atoms with Crippen LogP contribution in [0.3, 0.4) is 0 Å². The maximum Gasteiger partial charge on any atom is 0.260 e. The number of aromatic nitrogens is 2. The first-order valence-electron chi connectivity index (χ1n) is 5.66. The van der Waals surface area contributed by atoms with Crippen LogP contribution >= 0.6 is 0 Å². The van der Waals surface area contributed by atoms with E-state index in [-0.39, 0.29) is 11.1 Å². The van der Waals surface area contributed by atoms with Crippen LogP contribution in [0.2, 0.25) is 0 Å². The van der Waals surface area contributed by atoms with E-state index in [0.29, 0.717) is 6.54 Å². The SMILES string of the molecule is CCCCN(C1CC1)S(=O)(=O)c1cnc[nH]1. The molecule has 0 bridgehead atoms. The molecule has 1 saturated carbocycles. The van der Waals surface area contributed by atoms with Gasteiger partial charge in [0.2, 0.25) is 0 Å². The number of hydrogen-bond donors (Lipinski definition) is 1. The van der Waals surface area contributed by atoms with Crippen LogP contribution < -0.4 is 0 Å². The second kappa shape index (κ2) is 4.55. The molecular weight excluding hydrogens is 226 g/mol. The van der Waals surface area contributed by atoms with E-state index in [2.05, 4.69) is 16.9 Å². The average molecular weight is 243 g/mol. The topological polar surface area (TPSA) is 66.1 Å². The molecule has 16 heavy (non-hydrogen) atoms.